The molecule has 1 atom stereocenters. The van der Waals surface area contributed by atoms with Crippen molar-refractivity contribution in [1.29, 1.82) is 0 Å². The summed E-state index contributed by atoms with van der Waals surface area (Å²) in [4.78, 5) is 7.01. The van der Waals surface area contributed by atoms with E-state index in [0.29, 0.717) is 22.1 Å². The molecule has 0 aliphatic carbocycles. The van der Waals surface area contributed by atoms with Crippen LogP contribution in [0.1, 0.15) is 17.4 Å². The number of halogens is 3. The van der Waals surface area contributed by atoms with Crippen LogP contribution in [0.25, 0.3) is 0 Å². The van der Waals surface area contributed by atoms with Crippen LogP contribution >= 0.6 is 23.2 Å². The molecule has 2 aromatic carbocycles. The first-order valence-electron chi connectivity index (χ1n) is 7.46. The Labute approximate surface area is 160 Å². The second-order valence-electron chi connectivity index (χ2n) is 5.66. The van der Waals surface area contributed by atoms with E-state index in [0.717, 1.165) is 6.26 Å². The number of benzene rings is 2. The zero-order valence-corrected chi connectivity index (χ0v) is 15.8. The largest absolute Gasteiger partial charge is 0.371 e. The molecule has 0 amide bonds. The van der Waals surface area contributed by atoms with Gasteiger partial charge in [-0.05, 0) is 35.9 Å². The van der Waals surface area contributed by atoms with E-state index in [4.69, 9.17) is 23.2 Å². The van der Waals surface area contributed by atoms with Gasteiger partial charge in [-0.15, -0.1) is 0 Å². The van der Waals surface area contributed by atoms with Gasteiger partial charge in [-0.2, -0.15) is 0 Å². The predicted molar refractivity (Wildman–Crippen MR) is 100 cm³/mol. The maximum absolute atomic E-state index is 13.5. The number of imidazole rings is 1. The highest BCUT2D eigenvalue weighted by atomic mass is 35.5. The van der Waals surface area contributed by atoms with Crippen molar-refractivity contribution in [1.82, 2.24) is 9.97 Å². The Hall–Kier alpha value is -2.09. The summed E-state index contributed by atoms with van der Waals surface area (Å²) in [6, 6.07) is 10.7. The lowest BCUT2D eigenvalue weighted by atomic mass is 10.1. The Balaban J connectivity index is 2.06. The van der Waals surface area contributed by atoms with Crippen molar-refractivity contribution in [3.8, 4) is 0 Å². The van der Waals surface area contributed by atoms with E-state index in [2.05, 4.69) is 15.3 Å². The molecule has 26 heavy (non-hydrogen) atoms. The van der Waals surface area contributed by atoms with E-state index >= 15 is 0 Å². The molecule has 0 radical (unpaired) electrons. The Bertz CT molecular complexity index is 1050. The van der Waals surface area contributed by atoms with Crippen LogP contribution in [0.4, 0.5) is 10.1 Å². The molecule has 1 heterocycles. The number of nitrogens with zero attached hydrogens (tertiary/aromatic N) is 1. The lowest BCUT2D eigenvalue weighted by Crippen LogP contribution is -2.14. The van der Waals surface area contributed by atoms with E-state index in [-0.39, 0.29) is 10.0 Å². The molecule has 0 aliphatic heterocycles. The van der Waals surface area contributed by atoms with Gasteiger partial charge in [0.05, 0.1) is 5.02 Å². The van der Waals surface area contributed by atoms with Crippen LogP contribution in [0.3, 0.4) is 0 Å². The summed E-state index contributed by atoms with van der Waals surface area (Å²) in [6.45, 7) is 0. The predicted octanol–water partition coefficient (Wildman–Crippen LogP) is 4.46. The van der Waals surface area contributed by atoms with Crippen LogP contribution in [-0.2, 0) is 9.84 Å². The fraction of sp³-hybridized carbons (Fsp3) is 0.118. The summed E-state index contributed by atoms with van der Waals surface area (Å²) in [5.74, 6) is -0.207. The van der Waals surface area contributed by atoms with Gasteiger partial charge in [0, 0.05) is 23.2 Å². The van der Waals surface area contributed by atoms with Crippen LogP contribution in [0.5, 0.6) is 0 Å². The minimum Gasteiger partial charge on any atom is -0.371 e. The Morgan fingerprint density at radius 1 is 1.19 bits per heavy atom. The molecular weight excluding hydrogens is 400 g/mol. The fourth-order valence-electron chi connectivity index (χ4n) is 2.40. The van der Waals surface area contributed by atoms with Gasteiger partial charge >= 0.3 is 0 Å². The van der Waals surface area contributed by atoms with Gasteiger partial charge < -0.3 is 10.3 Å². The molecule has 136 valence electrons. The number of anilines is 1. The Morgan fingerprint density at radius 2 is 1.96 bits per heavy atom. The molecular formula is C17H14Cl2FN3O2S. The highest BCUT2D eigenvalue weighted by Crippen LogP contribution is 2.29. The fourth-order valence-corrected chi connectivity index (χ4v) is 3.32. The number of nitrogens with one attached hydrogen (secondary N) is 2. The maximum atomic E-state index is 13.5. The average Bonchev–Trinajstić information content (AvgIpc) is 3.05. The first kappa shape index (κ1) is 18.7. The Morgan fingerprint density at radius 3 is 2.58 bits per heavy atom. The number of H-pyrrole nitrogens is 1. The van der Waals surface area contributed by atoms with Gasteiger partial charge in [0.1, 0.15) is 17.7 Å². The summed E-state index contributed by atoms with van der Waals surface area (Å²) < 4.78 is 37.0. The molecule has 1 aromatic heterocycles. The second-order valence-corrected chi connectivity index (χ2v) is 8.46. The zero-order chi connectivity index (χ0) is 18.9. The van der Waals surface area contributed by atoms with E-state index in [1.165, 1.54) is 18.3 Å². The van der Waals surface area contributed by atoms with Crippen LogP contribution < -0.4 is 5.32 Å². The number of aromatic amines is 1. The molecule has 5 nitrogen and oxygen atoms in total. The topological polar surface area (TPSA) is 74.8 Å². The van der Waals surface area contributed by atoms with E-state index in [9.17, 15) is 12.8 Å². The van der Waals surface area contributed by atoms with E-state index in [1.807, 2.05) is 0 Å². The molecule has 0 saturated heterocycles. The van der Waals surface area contributed by atoms with Crippen molar-refractivity contribution < 1.29 is 12.8 Å². The van der Waals surface area contributed by atoms with Crippen molar-refractivity contribution in [2.45, 2.75) is 11.1 Å². The van der Waals surface area contributed by atoms with E-state index in [1.54, 1.807) is 30.3 Å². The summed E-state index contributed by atoms with van der Waals surface area (Å²) in [7, 11) is -3.47. The van der Waals surface area contributed by atoms with Crippen molar-refractivity contribution in [2.75, 3.05) is 11.6 Å². The third-order valence-corrected chi connectivity index (χ3v) is 5.13. The third kappa shape index (κ3) is 4.17. The summed E-state index contributed by atoms with van der Waals surface area (Å²) in [5, 5.41) is 3.61. The van der Waals surface area contributed by atoms with Crippen molar-refractivity contribution >= 4 is 38.7 Å². The second kappa shape index (κ2) is 7.26. The molecule has 0 aliphatic rings. The highest BCUT2D eigenvalue weighted by molar-refractivity contribution is 7.90. The maximum Gasteiger partial charge on any atom is 0.194 e. The number of hydrogen-bond donors (Lipinski definition) is 2. The van der Waals surface area contributed by atoms with Gasteiger partial charge in [0.15, 0.2) is 14.9 Å². The van der Waals surface area contributed by atoms with Gasteiger partial charge in [0.25, 0.3) is 0 Å². The van der Waals surface area contributed by atoms with Crippen LogP contribution in [0.2, 0.25) is 10.0 Å². The van der Waals surface area contributed by atoms with Gasteiger partial charge in [0.2, 0.25) is 0 Å². The van der Waals surface area contributed by atoms with Gasteiger partial charge in [-0.3, -0.25) is 0 Å². The monoisotopic (exact) mass is 413 g/mol. The van der Waals surface area contributed by atoms with Crippen molar-refractivity contribution in [3.05, 3.63) is 75.9 Å². The molecule has 3 rings (SSSR count). The lowest BCUT2D eigenvalue weighted by molar-refractivity contribution is 0.598. The molecule has 9 heteroatoms. The van der Waals surface area contributed by atoms with Crippen LogP contribution in [0, 0.1) is 5.82 Å². The van der Waals surface area contributed by atoms with E-state index < -0.39 is 21.7 Å². The molecule has 1 unspecified atom stereocenters. The molecule has 0 spiro atoms. The third-order valence-electron chi connectivity index (χ3n) is 3.64. The Kier molecular flexibility index (Phi) is 5.22. The molecule has 0 fully saturated rings. The number of sulfone groups is 1. The molecule has 0 bridgehead atoms. The first-order valence-corrected chi connectivity index (χ1v) is 10.1. The zero-order valence-electron chi connectivity index (χ0n) is 13.5. The minimum atomic E-state index is -3.47. The minimum absolute atomic E-state index is 0.0460. The van der Waals surface area contributed by atoms with Crippen LogP contribution in [0.15, 0.2) is 53.7 Å². The SMILES string of the molecule is CS(=O)(=O)c1c[nH]c(C(Nc2cccc(Cl)c2)c2ccc(F)c(Cl)c2)n1. The van der Waals surface area contributed by atoms with Crippen LogP contribution in [-0.4, -0.2) is 24.6 Å². The first-order chi connectivity index (χ1) is 12.2. The smallest absolute Gasteiger partial charge is 0.194 e. The van der Waals surface area contributed by atoms with Crippen molar-refractivity contribution in [3.63, 3.8) is 0 Å². The van der Waals surface area contributed by atoms with Crippen molar-refractivity contribution in [2.24, 2.45) is 0 Å². The normalized spacial score (nSPS) is 12.8. The number of hydrogen-bond acceptors (Lipinski definition) is 4. The quantitative estimate of drug-likeness (QED) is 0.647. The summed E-state index contributed by atoms with van der Waals surface area (Å²) in [6.07, 6.45) is 2.38. The lowest BCUT2D eigenvalue weighted by Gasteiger charge is -2.19. The molecule has 3 aromatic rings. The summed E-state index contributed by atoms with van der Waals surface area (Å²) >= 11 is 11.9. The van der Waals surface area contributed by atoms with Gasteiger partial charge in [-0.25, -0.2) is 17.8 Å². The average molecular weight is 414 g/mol. The van der Waals surface area contributed by atoms with Gasteiger partial charge in [-0.1, -0.05) is 35.3 Å². The molecule has 2 N–H and O–H groups in total. The highest BCUT2D eigenvalue weighted by Gasteiger charge is 2.21. The number of rotatable bonds is 5. The molecule has 0 saturated carbocycles. The number of aromatic nitrogens is 2. The standard InChI is InChI=1S/C17H14Cl2FN3O2S/c1-26(24,25)15-9-21-17(23-15)16(10-5-6-14(20)13(19)7-10)22-12-4-2-3-11(18)8-12/h2-9,16,22H,1H3,(H,21,23). The summed E-state index contributed by atoms with van der Waals surface area (Å²) in [5.41, 5.74) is 1.28.